The summed E-state index contributed by atoms with van der Waals surface area (Å²) in [6, 6.07) is 12.3. The summed E-state index contributed by atoms with van der Waals surface area (Å²) in [7, 11) is 4.47. The van der Waals surface area contributed by atoms with Crippen LogP contribution in [0.25, 0.3) is 6.08 Å². The number of ether oxygens (including phenoxy) is 2. The molecule has 0 aliphatic carbocycles. The number of hydrogen-bond donors (Lipinski definition) is 1. The van der Waals surface area contributed by atoms with Gasteiger partial charge in [-0.15, -0.1) is 0 Å². The summed E-state index contributed by atoms with van der Waals surface area (Å²) in [5, 5.41) is 2.86. The van der Waals surface area contributed by atoms with Crippen molar-refractivity contribution in [3.8, 4) is 11.5 Å². The highest BCUT2D eigenvalue weighted by atomic mass is 79.9. The number of carbonyl (C=O) groups is 3. The standard InChI is InChI=1S/C22H20BrN3O5S/c1-25-20(28)15(21(29)26(2)22(25)32)9-13-10-16(23)19(17(11-13)30-3)31-12-18(27)24-14-7-5-4-6-8-14/h4-11H,12H2,1-3H3,(H,24,27). The quantitative estimate of drug-likeness (QED) is 0.360. The van der Waals surface area contributed by atoms with Crippen LogP contribution < -0.4 is 14.8 Å². The first-order valence-electron chi connectivity index (χ1n) is 9.40. The number of methoxy groups -OCH3 is 1. The minimum Gasteiger partial charge on any atom is -0.493 e. The zero-order valence-electron chi connectivity index (χ0n) is 17.5. The van der Waals surface area contributed by atoms with Crippen molar-refractivity contribution in [2.75, 3.05) is 33.1 Å². The fraction of sp³-hybridized carbons (Fsp3) is 0.182. The Morgan fingerprint density at radius 1 is 1.12 bits per heavy atom. The van der Waals surface area contributed by atoms with Gasteiger partial charge in [-0.1, -0.05) is 18.2 Å². The summed E-state index contributed by atoms with van der Waals surface area (Å²) in [4.78, 5) is 39.7. The first-order valence-corrected chi connectivity index (χ1v) is 10.6. The van der Waals surface area contributed by atoms with Crippen molar-refractivity contribution in [2.45, 2.75) is 0 Å². The minimum atomic E-state index is -0.494. The van der Waals surface area contributed by atoms with Crippen molar-refractivity contribution in [3.05, 3.63) is 58.1 Å². The SMILES string of the molecule is COc1cc(C=C2C(=O)N(C)C(=S)N(C)C2=O)cc(Br)c1OCC(=O)Nc1ccccc1. The maximum Gasteiger partial charge on any atom is 0.265 e. The molecule has 1 aliphatic rings. The minimum absolute atomic E-state index is 0.0338. The monoisotopic (exact) mass is 517 g/mol. The van der Waals surface area contributed by atoms with E-state index in [1.807, 2.05) is 18.2 Å². The normalized spacial score (nSPS) is 13.9. The lowest BCUT2D eigenvalue weighted by atomic mass is 10.1. The van der Waals surface area contributed by atoms with Gasteiger partial charge in [0.25, 0.3) is 17.7 Å². The van der Waals surface area contributed by atoms with E-state index in [-0.39, 0.29) is 23.2 Å². The van der Waals surface area contributed by atoms with Crippen molar-refractivity contribution in [3.63, 3.8) is 0 Å². The number of carbonyl (C=O) groups excluding carboxylic acids is 3. The summed E-state index contributed by atoms with van der Waals surface area (Å²) in [6.07, 6.45) is 1.46. The largest absolute Gasteiger partial charge is 0.493 e. The number of halogens is 1. The second kappa shape index (κ2) is 9.92. The summed E-state index contributed by atoms with van der Waals surface area (Å²) < 4.78 is 11.5. The highest BCUT2D eigenvalue weighted by Crippen LogP contribution is 2.37. The summed E-state index contributed by atoms with van der Waals surface area (Å²) in [6.45, 7) is -0.242. The average Bonchev–Trinajstić information content (AvgIpc) is 2.78. The predicted molar refractivity (Wildman–Crippen MR) is 127 cm³/mol. The zero-order valence-corrected chi connectivity index (χ0v) is 20.0. The number of anilines is 1. The summed E-state index contributed by atoms with van der Waals surface area (Å²) in [5.41, 5.74) is 1.15. The third-order valence-corrected chi connectivity index (χ3v) is 5.75. The molecule has 1 saturated heterocycles. The number of thiocarbonyl (C=S) groups is 1. The Kier molecular flexibility index (Phi) is 7.26. The van der Waals surface area contributed by atoms with Gasteiger partial charge < -0.3 is 14.8 Å². The van der Waals surface area contributed by atoms with Crippen LogP contribution in [0.4, 0.5) is 5.69 Å². The van der Waals surface area contributed by atoms with Crippen LogP contribution in [-0.4, -0.2) is 60.4 Å². The van der Waals surface area contributed by atoms with Gasteiger partial charge in [-0.05, 0) is 64.1 Å². The Morgan fingerprint density at radius 2 is 1.75 bits per heavy atom. The molecule has 1 fully saturated rings. The Bertz CT molecular complexity index is 1090. The Morgan fingerprint density at radius 3 is 2.34 bits per heavy atom. The van der Waals surface area contributed by atoms with Gasteiger partial charge in [0.15, 0.2) is 23.2 Å². The maximum absolute atomic E-state index is 12.5. The molecule has 8 nitrogen and oxygen atoms in total. The van der Waals surface area contributed by atoms with E-state index in [1.165, 1.54) is 37.1 Å². The molecule has 0 saturated carbocycles. The molecule has 3 amide bonds. The van der Waals surface area contributed by atoms with Crippen LogP contribution in [0, 0.1) is 0 Å². The van der Waals surface area contributed by atoms with E-state index in [0.717, 1.165) is 0 Å². The van der Waals surface area contributed by atoms with E-state index < -0.39 is 11.8 Å². The van der Waals surface area contributed by atoms with Gasteiger partial charge in [-0.3, -0.25) is 24.2 Å². The number of nitrogens with zero attached hydrogens (tertiary/aromatic N) is 2. The molecule has 0 radical (unpaired) electrons. The number of benzene rings is 2. The van der Waals surface area contributed by atoms with E-state index >= 15 is 0 Å². The van der Waals surface area contributed by atoms with E-state index in [0.29, 0.717) is 27.2 Å². The number of amides is 3. The maximum atomic E-state index is 12.5. The van der Waals surface area contributed by atoms with Crippen molar-refractivity contribution >= 4 is 62.7 Å². The van der Waals surface area contributed by atoms with Crippen LogP contribution in [0.1, 0.15) is 5.56 Å². The van der Waals surface area contributed by atoms with Crippen LogP contribution in [0.5, 0.6) is 11.5 Å². The molecule has 0 atom stereocenters. The fourth-order valence-electron chi connectivity index (χ4n) is 2.96. The molecule has 3 rings (SSSR count). The number of rotatable bonds is 6. The van der Waals surface area contributed by atoms with E-state index in [4.69, 9.17) is 21.7 Å². The van der Waals surface area contributed by atoms with Gasteiger partial charge in [-0.25, -0.2) is 0 Å². The van der Waals surface area contributed by atoms with Gasteiger partial charge in [0.1, 0.15) is 5.57 Å². The van der Waals surface area contributed by atoms with E-state index in [9.17, 15) is 14.4 Å². The molecule has 2 aromatic rings. The van der Waals surface area contributed by atoms with Crippen molar-refractivity contribution in [2.24, 2.45) is 0 Å². The first-order chi connectivity index (χ1) is 15.2. The van der Waals surface area contributed by atoms with E-state index in [2.05, 4.69) is 21.2 Å². The molecule has 0 unspecified atom stereocenters. The second-order valence-corrected chi connectivity index (χ2v) is 8.03. The summed E-state index contributed by atoms with van der Waals surface area (Å²) in [5.74, 6) is -0.685. The molecular formula is C22H20BrN3O5S. The van der Waals surface area contributed by atoms with Gasteiger partial charge >= 0.3 is 0 Å². The molecule has 32 heavy (non-hydrogen) atoms. The summed E-state index contributed by atoms with van der Waals surface area (Å²) >= 11 is 8.50. The molecule has 166 valence electrons. The number of para-hydroxylation sites is 1. The van der Waals surface area contributed by atoms with Crippen LogP contribution in [-0.2, 0) is 14.4 Å². The third kappa shape index (κ3) is 4.97. The molecule has 1 heterocycles. The molecule has 0 bridgehead atoms. The van der Waals surface area contributed by atoms with Crippen LogP contribution in [0.15, 0.2) is 52.5 Å². The number of nitrogens with one attached hydrogen (secondary N) is 1. The number of likely N-dealkylation sites (N-methyl/N-ethyl adjacent to an activating group) is 2. The van der Waals surface area contributed by atoms with Crippen LogP contribution in [0.3, 0.4) is 0 Å². The highest BCUT2D eigenvalue weighted by Gasteiger charge is 2.35. The van der Waals surface area contributed by atoms with Crippen molar-refractivity contribution in [1.82, 2.24) is 9.80 Å². The van der Waals surface area contributed by atoms with Crippen molar-refractivity contribution in [1.29, 1.82) is 0 Å². The molecule has 0 spiro atoms. The second-order valence-electron chi connectivity index (χ2n) is 6.81. The topological polar surface area (TPSA) is 88.2 Å². The Labute approximate surface area is 198 Å². The fourth-order valence-corrected chi connectivity index (χ4v) is 3.70. The van der Waals surface area contributed by atoms with Crippen LogP contribution >= 0.6 is 28.1 Å². The molecule has 10 heteroatoms. The van der Waals surface area contributed by atoms with Gasteiger partial charge in [0.2, 0.25) is 0 Å². The lowest BCUT2D eigenvalue weighted by Crippen LogP contribution is -2.52. The molecular weight excluding hydrogens is 498 g/mol. The highest BCUT2D eigenvalue weighted by molar-refractivity contribution is 9.10. The smallest absolute Gasteiger partial charge is 0.265 e. The molecule has 1 aliphatic heterocycles. The zero-order chi connectivity index (χ0) is 23.4. The molecule has 2 aromatic carbocycles. The Hall–Kier alpha value is -3.24. The Balaban J connectivity index is 1.81. The molecule has 0 aromatic heterocycles. The third-order valence-electron chi connectivity index (χ3n) is 4.61. The van der Waals surface area contributed by atoms with E-state index in [1.54, 1.807) is 24.3 Å². The molecule has 1 N–H and O–H groups in total. The number of hydrogen-bond acceptors (Lipinski definition) is 6. The van der Waals surface area contributed by atoms with Gasteiger partial charge in [-0.2, -0.15) is 0 Å². The lowest BCUT2D eigenvalue weighted by molar-refractivity contribution is -0.132. The van der Waals surface area contributed by atoms with Crippen molar-refractivity contribution < 1.29 is 23.9 Å². The lowest BCUT2D eigenvalue weighted by Gasteiger charge is -2.31. The van der Waals surface area contributed by atoms with Crippen LogP contribution in [0.2, 0.25) is 0 Å². The van der Waals surface area contributed by atoms with Gasteiger partial charge in [0.05, 0.1) is 11.6 Å². The van der Waals surface area contributed by atoms with Gasteiger partial charge in [0, 0.05) is 19.8 Å². The average molecular weight is 518 g/mol. The first kappa shape index (κ1) is 23.4. The predicted octanol–water partition coefficient (Wildman–Crippen LogP) is 3.07.